The van der Waals surface area contributed by atoms with E-state index in [1.54, 1.807) is 13.2 Å². The number of ether oxygens (including phenoxy) is 2. The minimum Gasteiger partial charge on any atom is -0.497 e. The zero-order valence-corrected chi connectivity index (χ0v) is 18.9. The highest BCUT2D eigenvalue weighted by Gasteiger charge is 2.19. The Balaban J connectivity index is 1.90. The van der Waals surface area contributed by atoms with Crippen molar-refractivity contribution in [2.75, 3.05) is 7.11 Å². The monoisotopic (exact) mass is 438 g/mol. The summed E-state index contributed by atoms with van der Waals surface area (Å²) in [6.45, 7) is 4.36. The third-order valence-electron chi connectivity index (χ3n) is 5.53. The van der Waals surface area contributed by atoms with Gasteiger partial charge >= 0.3 is 5.97 Å². The van der Waals surface area contributed by atoms with Crippen molar-refractivity contribution in [3.05, 3.63) is 96.1 Å². The van der Waals surface area contributed by atoms with Gasteiger partial charge in [-0.25, -0.2) is 4.79 Å². The summed E-state index contributed by atoms with van der Waals surface area (Å²) in [6.07, 6.45) is 2.68. The highest BCUT2D eigenvalue weighted by Crippen LogP contribution is 2.45. The lowest BCUT2D eigenvalue weighted by Crippen LogP contribution is -1.98. The Labute approximate surface area is 193 Å². The molecule has 0 aliphatic heterocycles. The molecule has 0 spiro atoms. The Morgan fingerprint density at radius 3 is 2.24 bits per heavy atom. The number of carbonyl (C=O) groups is 1. The van der Waals surface area contributed by atoms with Gasteiger partial charge in [0.25, 0.3) is 0 Å². The summed E-state index contributed by atoms with van der Waals surface area (Å²) >= 11 is 0. The molecule has 0 aliphatic carbocycles. The molecule has 0 fully saturated rings. The van der Waals surface area contributed by atoms with E-state index in [1.165, 1.54) is 5.56 Å². The van der Waals surface area contributed by atoms with Gasteiger partial charge in [0.15, 0.2) is 0 Å². The van der Waals surface area contributed by atoms with E-state index < -0.39 is 5.97 Å². The van der Waals surface area contributed by atoms with Gasteiger partial charge in [-0.15, -0.1) is 0 Å². The van der Waals surface area contributed by atoms with E-state index in [1.807, 2.05) is 60.7 Å². The fourth-order valence-electron chi connectivity index (χ4n) is 3.90. The quantitative estimate of drug-likeness (QED) is 0.303. The minimum absolute atomic E-state index is 0.279. The van der Waals surface area contributed by atoms with Crippen LogP contribution in [0.3, 0.4) is 0 Å². The van der Waals surface area contributed by atoms with Crippen molar-refractivity contribution >= 4 is 22.8 Å². The van der Waals surface area contributed by atoms with Crippen LogP contribution in [-0.2, 0) is 4.79 Å². The van der Waals surface area contributed by atoms with Crippen LogP contribution in [-0.4, -0.2) is 18.2 Å². The van der Waals surface area contributed by atoms with Crippen LogP contribution < -0.4 is 9.47 Å². The Morgan fingerprint density at radius 1 is 0.909 bits per heavy atom. The van der Waals surface area contributed by atoms with Gasteiger partial charge in [0.05, 0.1) is 7.11 Å². The van der Waals surface area contributed by atoms with Gasteiger partial charge in [-0.1, -0.05) is 56.3 Å². The molecule has 0 heterocycles. The summed E-state index contributed by atoms with van der Waals surface area (Å²) in [5.41, 5.74) is 4.14. The van der Waals surface area contributed by atoms with E-state index in [0.717, 1.165) is 45.0 Å². The average Bonchev–Trinajstić information content (AvgIpc) is 2.83. The molecule has 4 rings (SSSR count). The van der Waals surface area contributed by atoms with Crippen LogP contribution in [0.15, 0.2) is 84.9 Å². The molecule has 4 aromatic rings. The van der Waals surface area contributed by atoms with E-state index in [4.69, 9.17) is 14.6 Å². The number of benzene rings is 4. The molecule has 1 N–H and O–H groups in total. The fraction of sp³-hybridized carbons (Fsp3) is 0.138. The number of carboxylic acids is 1. The standard InChI is InChI=1S/C29H26O4/c1-19(2)26-18-22-17-24(32-3)14-15-25(22)29(28(26)21-7-5-4-6-8-21)33-23-12-9-20(10-13-23)11-16-27(30)31/h4-19H,1-3H3,(H,30,31). The summed E-state index contributed by atoms with van der Waals surface area (Å²) in [4.78, 5) is 10.8. The molecule has 4 heteroatoms. The summed E-state index contributed by atoms with van der Waals surface area (Å²) in [5.74, 6) is 1.57. The normalized spacial score (nSPS) is 11.3. The third-order valence-corrected chi connectivity index (χ3v) is 5.53. The molecule has 33 heavy (non-hydrogen) atoms. The fourth-order valence-corrected chi connectivity index (χ4v) is 3.90. The van der Waals surface area contributed by atoms with E-state index in [-0.39, 0.29) is 5.92 Å². The van der Waals surface area contributed by atoms with Crippen LogP contribution in [0, 0.1) is 0 Å². The molecule has 4 nitrogen and oxygen atoms in total. The third kappa shape index (κ3) is 4.90. The molecule has 4 aromatic carbocycles. The first-order valence-corrected chi connectivity index (χ1v) is 10.8. The number of fused-ring (bicyclic) bond motifs is 1. The number of carboxylic acid groups (broad SMARTS) is 1. The zero-order chi connectivity index (χ0) is 23.4. The number of hydrogen-bond acceptors (Lipinski definition) is 3. The summed E-state index contributed by atoms with van der Waals surface area (Å²) in [5, 5.41) is 10.9. The molecule has 0 unspecified atom stereocenters. The van der Waals surface area contributed by atoms with Crippen molar-refractivity contribution in [1.82, 2.24) is 0 Å². The van der Waals surface area contributed by atoms with Crippen LogP contribution in [0.2, 0.25) is 0 Å². The smallest absolute Gasteiger partial charge is 0.328 e. The second-order valence-corrected chi connectivity index (χ2v) is 8.12. The Kier molecular flexibility index (Phi) is 6.45. The van der Waals surface area contributed by atoms with Crippen molar-refractivity contribution in [2.24, 2.45) is 0 Å². The molecule has 166 valence electrons. The molecule has 0 aliphatic rings. The molecule has 0 radical (unpaired) electrons. The van der Waals surface area contributed by atoms with Crippen LogP contribution in [0.25, 0.3) is 28.0 Å². The van der Waals surface area contributed by atoms with E-state index >= 15 is 0 Å². The predicted octanol–water partition coefficient (Wildman–Crippen LogP) is 7.53. The first-order chi connectivity index (χ1) is 16.0. The van der Waals surface area contributed by atoms with Gasteiger partial charge in [0, 0.05) is 17.0 Å². The van der Waals surface area contributed by atoms with Crippen LogP contribution >= 0.6 is 0 Å². The van der Waals surface area contributed by atoms with Gasteiger partial charge in [0.1, 0.15) is 17.2 Å². The molecule has 0 saturated carbocycles. The maximum Gasteiger partial charge on any atom is 0.328 e. The first-order valence-electron chi connectivity index (χ1n) is 10.8. The van der Waals surface area contributed by atoms with Gasteiger partial charge in [-0.2, -0.15) is 0 Å². The lowest BCUT2D eigenvalue weighted by Gasteiger charge is -2.21. The maximum atomic E-state index is 10.8. The topological polar surface area (TPSA) is 55.8 Å². The lowest BCUT2D eigenvalue weighted by molar-refractivity contribution is -0.131. The minimum atomic E-state index is -0.977. The highest BCUT2D eigenvalue weighted by atomic mass is 16.5. The van der Waals surface area contributed by atoms with Crippen LogP contribution in [0.5, 0.6) is 17.2 Å². The summed E-state index contributed by atoms with van der Waals surface area (Å²) in [7, 11) is 1.67. The van der Waals surface area contributed by atoms with Gasteiger partial charge < -0.3 is 14.6 Å². The van der Waals surface area contributed by atoms with Gasteiger partial charge in [0.2, 0.25) is 0 Å². The van der Waals surface area contributed by atoms with Crippen molar-refractivity contribution in [3.63, 3.8) is 0 Å². The van der Waals surface area contributed by atoms with Crippen LogP contribution in [0.4, 0.5) is 0 Å². The number of hydrogen-bond donors (Lipinski definition) is 1. The largest absolute Gasteiger partial charge is 0.497 e. The summed E-state index contributed by atoms with van der Waals surface area (Å²) in [6, 6.07) is 25.9. The lowest BCUT2D eigenvalue weighted by atomic mass is 9.88. The highest BCUT2D eigenvalue weighted by molar-refractivity contribution is 5.98. The molecular weight excluding hydrogens is 412 g/mol. The average molecular weight is 439 g/mol. The Hall–Kier alpha value is -4.05. The van der Waals surface area contributed by atoms with Crippen molar-refractivity contribution in [3.8, 4) is 28.4 Å². The van der Waals surface area contributed by atoms with Crippen molar-refractivity contribution < 1.29 is 19.4 Å². The molecule has 0 atom stereocenters. The molecule has 0 aromatic heterocycles. The van der Waals surface area contributed by atoms with Gasteiger partial charge in [-0.05, 0) is 70.5 Å². The molecular formula is C29H26O4. The van der Waals surface area contributed by atoms with E-state index in [0.29, 0.717) is 5.75 Å². The number of rotatable bonds is 7. The van der Waals surface area contributed by atoms with Crippen LogP contribution in [0.1, 0.15) is 30.9 Å². The van der Waals surface area contributed by atoms with E-state index in [2.05, 4.69) is 32.0 Å². The number of methoxy groups -OCH3 is 1. The Morgan fingerprint density at radius 2 is 1.61 bits per heavy atom. The van der Waals surface area contributed by atoms with E-state index in [9.17, 15) is 4.79 Å². The molecule has 0 saturated heterocycles. The summed E-state index contributed by atoms with van der Waals surface area (Å²) < 4.78 is 12.0. The predicted molar refractivity (Wildman–Crippen MR) is 133 cm³/mol. The van der Waals surface area contributed by atoms with Crippen molar-refractivity contribution in [1.29, 1.82) is 0 Å². The maximum absolute atomic E-state index is 10.8. The zero-order valence-electron chi connectivity index (χ0n) is 18.9. The van der Waals surface area contributed by atoms with Crippen molar-refractivity contribution in [2.45, 2.75) is 19.8 Å². The first kappa shape index (κ1) is 22.2. The second-order valence-electron chi connectivity index (χ2n) is 8.12. The number of aliphatic carboxylic acids is 1. The SMILES string of the molecule is COc1ccc2c(Oc3ccc(C=CC(=O)O)cc3)c(-c3ccccc3)c(C(C)C)cc2c1. The Bertz CT molecular complexity index is 1300. The second kappa shape index (κ2) is 9.61. The molecule has 0 bridgehead atoms. The van der Waals surface area contributed by atoms with Gasteiger partial charge in [-0.3, -0.25) is 0 Å². The molecule has 0 amide bonds.